The minimum Gasteiger partial charge on any atom is -0.429 e. The molecule has 0 amide bonds. The third-order valence-corrected chi connectivity index (χ3v) is 5.04. The van der Waals surface area contributed by atoms with Gasteiger partial charge in [0, 0.05) is 0 Å². The molecule has 0 aliphatic heterocycles. The fourth-order valence-electron chi connectivity index (χ4n) is 3.32. The Labute approximate surface area is 182 Å². The smallest absolute Gasteiger partial charge is 0.426 e. The Morgan fingerprint density at radius 1 is 0.688 bits per heavy atom. The van der Waals surface area contributed by atoms with Gasteiger partial charge < -0.3 is 4.74 Å². The molecule has 32 heavy (non-hydrogen) atoms. The quantitative estimate of drug-likeness (QED) is 0.318. The van der Waals surface area contributed by atoms with E-state index in [-0.39, 0.29) is 11.3 Å². The van der Waals surface area contributed by atoms with E-state index in [1.807, 2.05) is 6.92 Å². The summed E-state index contributed by atoms with van der Waals surface area (Å²) in [6.45, 7) is 2.01. The molecule has 0 saturated heterocycles. The maximum atomic E-state index is 14.4. The summed E-state index contributed by atoms with van der Waals surface area (Å²) in [5.41, 5.74) is 0.595. The van der Waals surface area contributed by atoms with Gasteiger partial charge in [0.15, 0.2) is 0 Å². The minimum absolute atomic E-state index is 0.0167. The zero-order valence-corrected chi connectivity index (χ0v) is 17.4. The van der Waals surface area contributed by atoms with E-state index in [1.54, 1.807) is 24.3 Å². The Morgan fingerprint density at radius 3 is 1.78 bits per heavy atom. The molecular formula is C25H22F6O. The van der Waals surface area contributed by atoms with E-state index in [0.717, 1.165) is 36.1 Å². The SMILES string of the molecule is CCCc1ccc(C(F)(F)Oc2ccc(CCc3ccc(C(F)(F)F)c(F)c3)cc2)cc1. The van der Waals surface area contributed by atoms with Gasteiger partial charge in [0.2, 0.25) is 0 Å². The number of hydrogen-bond acceptors (Lipinski definition) is 1. The van der Waals surface area contributed by atoms with Crippen molar-refractivity contribution in [2.24, 2.45) is 0 Å². The first kappa shape index (κ1) is 23.7. The Hall–Kier alpha value is -2.96. The molecule has 0 heterocycles. The number of rotatable bonds is 8. The first-order chi connectivity index (χ1) is 15.1. The molecule has 0 N–H and O–H groups in total. The lowest BCUT2D eigenvalue weighted by Gasteiger charge is -2.19. The van der Waals surface area contributed by atoms with Crippen molar-refractivity contribution in [3.8, 4) is 5.75 Å². The minimum atomic E-state index is -4.74. The van der Waals surface area contributed by atoms with Crippen molar-refractivity contribution in [1.29, 1.82) is 0 Å². The molecule has 0 saturated carbocycles. The van der Waals surface area contributed by atoms with E-state index in [4.69, 9.17) is 4.74 Å². The zero-order valence-electron chi connectivity index (χ0n) is 17.4. The van der Waals surface area contributed by atoms with Crippen molar-refractivity contribution in [3.05, 3.63) is 100 Å². The molecule has 3 aromatic carbocycles. The molecule has 170 valence electrons. The number of ether oxygens (including phenoxy) is 1. The van der Waals surface area contributed by atoms with Gasteiger partial charge in [-0.05, 0) is 72.4 Å². The maximum Gasteiger partial charge on any atom is 0.426 e. The molecule has 0 bridgehead atoms. The zero-order chi connectivity index (χ0) is 23.4. The van der Waals surface area contributed by atoms with Crippen molar-refractivity contribution < 1.29 is 31.1 Å². The van der Waals surface area contributed by atoms with Gasteiger partial charge in [-0.15, -0.1) is 0 Å². The molecule has 0 atom stereocenters. The van der Waals surface area contributed by atoms with Crippen LogP contribution in [0.2, 0.25) is 0 Å². The van der Waals surface area contributed by atoms with Crippen LogP contribution >= 0.6 is 0 Å². The monoisotopic (exact) mass is 452 g/mol. The highest BCUT2D eigenvalue weighted by Crippen LogP contribution is 2.33. The molecule has 3 aromatic rings. The van der Waals surface area contributed by atoms with Crippen LogP contribution in [-0.4, -0.2) is 0 Å². The summed E-state index contributed by atoms with van der Waals surface area (Å²) in [6.07, 6.45) is -5.79. The van der Waals surface area contributed by atoms with E-state index < -0.39 is 23.7 Å². The molecule has 0 aliphatic carbocycles. The van der Waals surface area contributed by atoms with E-state index >= 15 is 0 Å². The fourth-order valence-corrected chi connectivity index (χ4v) is 3.32. The molecule has 0 aromatic heterocycles. The summed E-state index contributed by atoms with van der Waals surface area (Å²) in [5.74, 6) is -1.33. The van der Waals surface area contributed by atoms with Crippen LogP contribution in [0.3, 0.4) is 0 Å². The topological polar surface area (TPSA) is 9.23 Å². The van der Waals surface area contributed by atoms with Crippen LogP contribution in [-0.2, 0) is 31.5 Å². The predicted molar refractivity (Wildman–Crippen MR) is 110 cm³/mol. The Kier molecular flexibility index (Phi) is 7.16. The normalized spacial score (nSPS) is 12.1. The average molecular weight is 452 g/mol. The van der Waals surface area contributed by atoms with Crippen molar-refractivity contribution in [1.82, 2.24) is 0 Å². The largest absolute Gasteiger partial charge is 0.429 e. The van der Waals surface area contributed by atoms with Crippen LogP contribution in [0.4, 0.5) is 26.3 Å². The highest BCUT2D eigenvalue weighted by molar-refractivity contribution is 5.32. The summed E-state index contributed by atoms with van der Waals surface area (Å²) in [5, 5.41) is 0. The molecule has 0 radical (unpaired) electrons. The number of benzene rings is 3. The highest BCUT2D eigenvalue weighted by atomic mass is 19.4. The Morgan fingerprint density at radius 2 is 1.22 bits per heavy atom. The molecule has 1 nitrogen and oxygen atoms in total. The van der Waals surface area contributed by atoms with Gasteiger partial charge in [0.1, 0.15) is 11.6 Å². The average Bonchev–Trinajstić information content (AvgIpc) is 2.73. The lowest BCUT2D eigenvalue weighted by Crippen LogP contribution is -2.21. The number of aryl methyl sites for hydroxylation is 3. The van der Waals surface area contributed by atoms with Gasteiger partial charge in [-0.25, -0.2) is 4.39 Å². The second-order valence-corrected chi connectivity index (χ2v) is 7.52. The molecular weight excluding hydrogens is 430 g/mol. The van der Waals surface area contributed by atoms with Crippen LogP contribution in [0.25, 0.3) is 0 Å². The van der Waals surface area contributed by atoms with E-state index in [0.29, 0.717) is 18.4 Å². The third-order valence-electron chi connectivity index (χ3n) is 5.04. The molecule has 7 heteroatoms. The van der Waals surface area contributed by atoms with Crippen molar-refractivity contribution in [2.45, 2.75) is 44.9 Å². The third kappa shape index (κ3) is 6.05. The fraction of sp³-hybridized carbons (Fsp3) is 0.280. The van der Waals surface area contributed by atoms with Gasteiger partial charge in [-0.1, -0.05) is 43.7 Å². The van der Waals surface area contributed by atoms with Gasteiger partial charge in [0.25, 0.3) is 0 Å². The van der Waals surface area contributed by atoms with Gasteiger partial charge in [-0.3, -0.25) is 0 Å². The van der Waals surface area contributed by atoms with Crippen LogP contribution in [0, 0.1) is 5.82 Å². The standard InChI is InChI=1S/C25H22F6O/c1-2-3-17-6-11-20(12-7-17)25(30,31)32-21-13-8-18(9-14-21)4-5-19-10-15-22(23(26)16-19)24(27,28)29/h6-16H,2-5H2,1H3. The predicted octanol–water partition coefficient (Wildman–Crippen LogP) is 7.71. The van der Waals surface area contributed by atoms with Gasteiger partial charge >= 0.3 is 12.3 Å². The van der Waals surface area contributed by atoms with Crippen LogP contribution in [0.5, 0.6) is 5.75 Å². The van der Waals surface area contributed by atoms with E-state index in [1.165, 1.54) is 30.3 Å². The van der Waals surface area contributed by atoms with Crippen LogP contribution < -0.4 is 4.74 Å². The molecule has 0 fully saturated rings. The Bertz CT molecular complexity index is 1020. The van der Waals surface area contributed by atoms with Crippen LogP contribution in [0.1, 0.15) is 41.2 Å². The first-order valence-corrected chi connectivity index (χ1v) is 10.2. The summed E-state index contributed by atoms with van der Waals surface area (Å²) in [4.78, 5) is 0. The summed E-state index contributed by atoms with van der Waals surface area (Å²) >= 11 is 0. The second-order valence-electron chi connectivity index (χ2n) is 7.52. The highest BCUT2D eigenvalue weighted by Gasteiger charge is 2.35. The first-order valence-electron chi connectivity index (χ1n) is 10.2. The lowest BCUT2D eigenvalue weighted by molar-refractivity contribution is -0.185. The Balaban J connectivity index is 1.60. The summed E-state index contributed by atoms with van der Waals surface area (Å²) < 4.78 is 85.4. The van der Waals surface area contributed by atoms with Crippen LogP contribution in [0.15, 0.2) is 66.7 Å². The van der Waals surface area contributed by atoms with E-state index in [9.17, 15) is 26.3 Å². The van der Waals surface area contributed by atoms with Crippen molar-refractivity contribution >= 4 is 0 Å². The molecule has 0 aliphatic rings. The molecule has 3 rings (SSSR count). The molecule has 0 spiro atoms. The van der Waals surface area contributed by atoms with Gasteiger partial charge in [0.05, 0.1) is 11.1 Å². The van der Waals surface area contributed by atoms with E-state index in [2.05, 4.69) is 0 Å². The van der Waals surface area contributed by atoms with Crippen molar-refractivity contribution in [3.63, 3.8) is 0 Å². The second kappa shape index (κ2) is 9.67. The van der Waals surface area contributed by atoms with Crippen molar-refractivity contribution in [2.75, 3.05) is 0 Å². The number of halogens is 6. The number of alkyl halides is 5. The summed E-state index contributed by atoms with van der Waals surface area (Å²) in [7, 11) is 0. The maximum absolute atomic E-state index is 14.4. The van der Waals surface area contributed by atoms with Gasteiger partial charge in [-0.2, -0.15) is 22.0 Å². The number of hydrogen-bond donors (Lipinski definition) is 0. The lowest BCUT2D eigenvalue weighted by atomic mass is 10.0. The summed E-state index contributed by atoms with van der Waals surface area (Å²) in [6, 6.07) is 14.8. The molecule has 0 unspecified atom stereocenters.